The Kier molecular flexibility index (Phi) is 3.80. The van der Waals surface area contributed by atoms with Crippen molar-refractivity contribution in [2.45, 2.75) is 32.4 Å². The molecule has 0 spiro atoms. The lowest BCUT2D eigenvalue weighted by Crippen LogP contribution is -2.29. The largest absolute Gasteiger partial charge is 0.394 e. The minimum Gasteiger partial charge on any atom is -0.394 e. The van der Waals surface area contributed by atoms with Crippen molar-refractivity contribution in [3.63, 3.8) is 0 Å². The van der Waals surface area contributed by atoms with Gasteiger partial charge in [-0.05, 0) is 37.5 Å². The van der Waals surface area contributed by atoms with E-state index in [9.17, 15) is 4.79 Å². The zero-order chi connectivity index (χ0) is 14.8. The zero-order valence-electron chi connectivity index (χ0n) is 12.2. The van der Waals surface area contributed by atoms with E-state index in [0.717, 1.165) is 30.7 Å². The molecule has 1 saturated heterocycles. The van der Waals surface area contributed by atoms with E-state index in [4.69, 9.17) is 10.5 Å². The summed E-state index contributed by atoms with van der Waals surface area (Å²) in [6.45, 7) is 3.39. The SMILES string of the molecule is Cc1ccc(-c2ccc(N)c(=O)n2CC2CCCO2)cc1. The molecule has 2 N–H and O–H groups in total. The topological polar surface area (TPSA) is 57.2 Å². The molecule has 0 bridgehead atoms. The smallest absolute Gasteiger partial charge is 0.274 e. The van der Waals surface area contributed by atoms with Gasteiger partial charge in [-0.1, -0.05) is 29.8 Å². The molecule has 4 heteroatoms. The lowest BCUT2D eigenvalue weighted by molar-refractivity contribution is 0.0966. The van der Waals surface area contributed by atoms with Gasteiger partial charge in [0, 0.05) is 6.61 Å². The summed E-state index contributed by atoms with van der Waals surface area (Å²) in [6.07, 6.45) is 2.16. The number of nitrogens with two attached hydrogens (primary N) is 1. The van der Waals surface area contributed by atoms with Crippen LogP contribution in [0.15, 0.2) is 41.2 Å². The van der Waals surface area contributed by atoms with Crippen molar-refractivity contribution in [1.29, 1.82) is 0 Å². The average molecular weight is 284 g/mol. The maximum Gasteiger partial charge on any atom is 0.274 e. The van der Waals surface area contributed by atoms with Crippen LogP contribution in [0.4, 0.5) is 5.69 Å². The Morgan fingerprint density at radius 1 is 1.24 bits per heavy atom. The van der Waals surface area contributed by atoms with Gasteiger partial charge in [0.05, 0.1) is 24.0 Å². The second-order valence-electron chi connectivity index (χ2n) is 5.59. The molecule has 1 aliphatic rings. The third-order valence-electron chi connectivity index (χ3n) is 3.96. The predicted molar refractivity (Wildman–Crippen MR) is 84.3 cm³/mol. The van der Waals surface area contributed by atoms with Crippen LogP contribution in [-0.4, -0.2) is 17.3 Å². The van der Waals surface area contributed by atoms with Crippen molar-refractivity contribution in [1.82, 2.24) is 4.57 Å². The molecule has 110 valence electrons. The van der Waals surface area contributed by atoms with Crippen molar-refractivity contribution in [2.75, 3.05) is 12.3 Å². The summed E-state index contributed by atoms with van der Waals surface area (Å²) in [5, 5.41) is 0. The second-order valence-corrected chi connectivity index (χ2v) is 5.59. The van der Waals surface area contributed by atoms with Gasteiger partial charge in [-0.2, -0.15) is 0 Å². The van der Waals surface area contributed by atoms with Crippen LogP contribution in [0, 0.1) is 6.92 Å². The summed E-state index contributed by atoms with van der Waals surface area (Å²) in [5.74, 6) is 0. The molecule has 0 amide bonds. The van der Waals surface area contributed by atoms with Gasteiger partial charge < -0.3 is 15.0 Å². The van der Waals surface area contributed by atoms with Crippen LogP contribution >= 0.6 is 0 Å². The standard InChI is InChI=1S/C17H20N2O2/c1-12-4-6-13(7-5-12)16-9-8-15(18)17(20)19(16)11-14-3-2-10-21-14/h4-9,14H,2-3,10-11,18H2,1H3. The number of rotatable bonds is 3. The van der Waals surface area contributed by atoms with Crippen molar-refractivity contribution in [3.05, 3.63) is 52.3 Å². The number of nitrogens with zero attached hydrogens (tertiary/aromatic N) is 1. The van der Waals surface area contributed by atoms with Crippen LogP contribution in [0.5, 0.6) is 0 Å². The number of hydrogen-bond donors (Lipinski definition) is 1. The Morgan fingerprint density at radius 3 is 2.67 bits per heavy atom. The van der Waals surface area contributed by atoms with Gasteiger partial charge in [0.2, 0.25) is 0 Å². The third-order valence-corrected chi connectivity index (χ3v) is 3.96. The van der Waals surface area contributed by atoms with Crippen LogP contribution in [0.1, 0.15) is 18.4 Å². The molecular weight excluding hydrogens is 264 g/mol. The summed E-state index contributed by atoms with van der Waals surface area (Å²) in [7, 11) is 0. The third kappa shape index (κ3) is 2.85. The molecule has 21 heavy (non-hydrogen) atoms. The molecule has 0 radical (unpaired) electrons. The normalized spacial score (nSPS) is 18.0. The summed E-state index contributed by atoms with van der Waals surface area (Å²) in [6, 6.07) is 11.8. The van der Waals surface area contributed by atoms with Gasteiger partial charge in [-0.3, -0.25) is 4.79 Å². The first-order valence-electron chi connectivity index (χ1n) is 7.33. The minimum absolute atomic E-state index is 0.105. The fourth-order valence-corrected chi connectivity index (χ4v) is 2.74. The Labute approximate surface area is 124 Å². The van der Waals surface area contributed by atoms with Crippen LogP contribution in [0.25, 0.3) is 11.3 Å². The molecule has 1 aromatic carbocycles. The van der Waals surface area contributed by atoms with Crippen LogP contribution in [0.2, 0.25) is 0 Å². The Hall–Kier alpha value is -2.07. The van der Waals surface area contributed by atoms with Crippen LogP contribution in [-0.2, 0) is 11.3 Å². The summed E-state index contributed by atoms with van der Waals surface area (Å²) >= 11 is 0. The average Bonchev–Trinajstić information content (AvgIpc) is 2.98. The fraction of sp³-hybridized carbons (Fsp3) is 0.353. The molecule has 1 aromatic heterocycles. The quantitative estimate of drug-likeness (QED) is 0.942. The Morgan fingerprint density at radius 2 is 2.00 bits per heavy atom. The van der Waals surface area contributed by atoms with E-state index in [1.54, 1.807) is 10.6 Å². The van der Waals surface area contributed by atoms with Gasteiger partial charge in [-0.15, -0.1) is 0 Å². The summed E-state index contributed by atoms with van der Waals surface area (Å²) in [4.78, 5) is 12.4. The maximum atomic E-state index is 12.4. The molecule has 0 aliphatic carbocycles. The monoisotopic (exact) mass is 284 g/mol. The molecule has 4 nitrogen and oxygen atoms in total. The van der Waals surface area contributed by atoms with E-state index in [0.29, 0.717) is 6.54 Å². The van der Waals surface area contributed by atoms with Gasteiger partial charge >= 0.3 is 0 Å². The van der Waals surface area contributed by atoms with Gasteiger partial charge in [-0.25, -0.2) is 0 Å². The minimum atomic E-state index is -0.136. The summed E-state index contributed by atoms with van der Waals surface area (Å²) < 4.78 is 7.41. The van der Waals surface area contributed by atoms with E-state index >= 15 is 0 Å². The Balaban J connectivity index is 2.04. The van der Waals surface area contributed by atoms with E-state index < -0.39 is 0 Å². The first-order chi connectivity index (χ1) is 10.1. The number of nitrogen functional groups attached to an aromatic ring is 1. The number of ether oxygens (including phenoxy) is 1. The first-order valence-corrected chi connectivity index (χ1v) is 7.33. The molecule has 2 heterocycles. The van der Waals surface area contributed by atoms with E-state index in [2.05, 4.69) is 0 Å². The van der Waals surface area contributed by atoms with Crippen molar-refractivity contribution in [3.8, 4) is 11.3 Å². The van der Waals surface area contributed by atoms with Gasteiger partial charge in [0.25, 0.3) is 5.56 Å². The predicted octanol–water partition coefficient (Wildman–Crippen LogP) is 2.58. The second kappa shape index (κ2) is 5.74. The molecule has 1 atom stereocenters. The highest BCUT2D eigenvalue weighted by atomic mass is 16.5. The fourth-order valence-electron chi connectivity index (χ4n) is 2.74. The number of hydrogen-bond acceptors (Lipinski definition) is 3. The molecule has 1 unspecified atom stereocenters. The van der Waals surface area contributed by atoms with Gasteiger partial charge in [0.1, 0.15) is 0 Å². The molecule has 2 aromatic rings. The molecular formula is C17H20N2O2. The van der Waals surface area contributed by atoms with Gasteiger partial charge in [0.15, 0.2) is 0 Å². The van der Waals surface area contributed by atoms with E-state index in [1.807, 2.05) is 37.3 Å². The molecule has 3 rings (SSSR count). The Bertz CT molecular complexity index is 683. The lowest BCUT2D eigenvalue weighted by atomic mass is 10.1. The molecule has 0 saturated carbocycles. The number of anilines is 1. The van der Waals surface area contributed by atoms with E-state index in [-0.39, 0.29) is 17.4 Å². The number of pyridine rings is 1. The summed E-state index contributed by atoms with van der Waals surface area (Å²) in [5.41, 5.74) is 9.05. The maximum absolute atomic E-state index is 12.4. The number of benzene rings is 1. The van der Waals surface area contributed by atoms with Crippen LogP contribution < -0.4 is 11.3 Å². The first kappa shape index (κ1) is 13.9. The van der Waals surface area contributed by atoms with Crippen molar-refractivity contribution in [2.24, 2.45) is 0 Å². The zero-order valence-corrected chi connectivity index (χ0v) is 12.2. The number of aryl methyl sites for hydroxylation is 1. The highest BCUT2D eigenvalue weighted by molar-refractivity contribution is 5.61. The van der Waals surface area contributed by atoms with Crippen molar-refractivity contribution < 1.29 is 4.74 Å². The highest BCUT2D eigenvalue weighted by Gasteiger charge is 2.19. The van der Waals surface area contributed by atoms with Crippen molar-refractivity contribution >= 4 is 5.69 Å². The molecule has 1 aliphatic heterocycles. The highest BCUT2D eigenvalue weighted by Crippen LogP contribution is 2.22. The molecule has 1 fully saturated rings. The van der Waals surface area contributed by atoms with Crippen LogP contribution in [0.3, 0.4) is 0 Å². The van der Waals surface area contributed by atoms with E-state index in [1.165, 1.54) is 5.56 Å². The lowest BCUT2D eigenvalue weighted by Gasteiger charge is -2.17. The number of aromatic nitrogens is 1.